The maximum atomic E-state index is 5.80. The number of hydrogen-bond acceptors (Lipinski definition) is 3. The number of rotatable bonds is 3. The summed E-state index contributed by atoms with van der Waals surface area (Å²) in [5.74, 6) is 3.27. The molecule has 1 aromatic rings. The van der Waals surface area contributed by atoms with E-state index in [2.05, 4.69) is 23.5 Å². The Bertz CT molecular complexity index is 433. The van der Waals surface area contributed by atoms with Crippen molar-refractivity contribution < 1.29 is 9.47 Å². The van der Waals surface area contributed by atoms with Crippen molar-refractivity contribution in [1.82, 2.24) is 5.32 Å². The van der Waals surface area contributed by atoms with Crippen molar-refractivity contribution in [2.24, 2.45) is 5.92 Å². The molecule has 1 aromatic carbocycles. The quantitative estimate of drug-likeness (QED) is 0.907. The van der Waals surface area contributed by atoms with Crippen LogP contribution in [0.25, 0.3) is 0 Å². The van der Waals surface area contributed by atoms with E-state index in [1.807, 2.05) is 7.05 Å². The van der Waals surface area contributed by atoms with Gasteiger partial charge in [0.1, 0.15) is 0 Å². The molecule has 0 saturated heterocycles. The topological polar surface area (TPSA) is 30.5 Å². The minimum absolute atomic E-state index is 0.671. The molecule has 104 valence electrons. The highest BCUT2D eigenvalue weighted by atomic mass is 16.5. The smallest absolute Gasteiger partial charge is 0.161 e. The monoisotopic (exact) mass is 261 g/mol. The molecular formula is C16H23NO2. The maximum Gasteiger partial charge on any atom is 0.161 e. The van der Waals surface area contributed by atoms with E-state index in [1.54, 1.807) is 0 Å². The van der Waals surface area contributed by atoms with Gasteiger partial charge < -0.3 is 14.8 Å². The minimum atomic E-state index is 0.671. The molecule has 0 aromatic heterocycles. The van der Waals surface area contributed by atoms with Gasteiger partial charge in [0.05, 0.1) is 13.2 Å². The van der Waals surface area contributed by atoms with Crippen molar-refractivity contribution in [2.75, 3.05) is 26.8 Å². The van der Waals surface area contributed by atoms with Crippen LogP contribution in [0.2, 0.25) is 0 Å². The fourth-order valence-corrected chi connectivity index (χ4v) is 3.39. The van der Waals surface area contributed by atoms with Gasteiger partial charge >= 0.3 is 0 Å². The zero-order valence-corrected chi connectivity index (χ0v) is 11.7. The third-order valence-corrected chi connectivity index (χ3v) is 4.33. The average molecular weight is 261 g/mol. The second-order valence-corrected chi connectivity index (χ2v) is 5.61. The van der Waals surface area contributed by atoms with Gasteiger partial charge in [-0.25, -0.2) is 0 Å². The normalized spacial score (nSPS) is 26.2. The van der Waals surface area contributed by atoms with Crippen LogP contribution in [0.1, 0.15) is 37.2 Å². The molecule has 3 nitrogen and oxygen atoms in total. The summed E-state index contributed by atoms with van der Waals surface area (Å²) in [6, 6.07) is 6.52. The molecule has 0 spiro atoms. The van der Waals surface area contributed by atoms with Gasteiger partial charge in [0.15, 0.2) is 11.5 Å². The molecule has 2 aliphatic rings. The molecule has 3 heteroatoms. The van der Waals surface area contributed by atoms with Gasteiger partial charge in [-0.3, -0.25) is 0 Å². The van der Waals surface area contributed by atoms with E-state index in [0.29, 0.717) is 5.92 Å². The van der Waals surface area contributed by atoms with Crippen molar-refractivity contribution in [3.05, 3.63) is 23.8 Å². The van der Waals surface area contributed by atoms with Crippen molar-refractivity contribution in [2.45, 2.75) is 31.6 Å². The zero-order chi connectivity index (χ0) is 13.1. The minimum Gasteiger partial charge on any atom is -0.490 e. The molecule has 19 heavy (non-hydrogen) atoms. The average Bonchev–Trinajstić information content (AvgIpc) is 2.76. The molecule has 1 saturated carbocycles. The fraction of sp³-hybridized carbons (Fsp3) is 0.625. The number of benzene rings is 1. The first-order chi connectivity index (χ1) is 9.38. The Morgan fingerprint density at radius 3 is 2.79 bits per heavy atom. The summed E-state index contributed by atoms with van der Waals surface area (Å²) in [5, 5.41) is 3.33. The SMILES string of the molecule is CNCC1CCCC1c1ccc2c(c1)OCCCO2. The predicted octanol–water partition coefficient (Wildman–Crippen LogP) is 2.95. The van der Waals surface area contributed by atoms with Gasteiger partial charge in [-0.15, -0.1) is 0 Å². The van der Waals surface area contributed by atoms with Gasteiger partial charge in [0.25, 0.3) is 0 Å². The highest BCUT2D eigenvalue weighted by molar-refractivity contribution is 5.44. The molecule has 2 atom stereocenters. The molecule has 3 rings (SSSR count). The predicted molar refractivity (Wildman–Crippen MR) is 76.1 cm³/mol. The van der Waals surface area contributed by atoms with Gasteiger partial charge in [-0.2, -0.15) is 0 Å². The summed E-state index contributed by atoms with van der Waals surface area (Å²) < 4.78 is 11.5. The lowest BCUT2D eigenvalue weighted by Crippen LogP contribution is -2.21. The third-order valence-electron chi connectivity index (χ3n) is 4.33. The standard InChI is InChI=1S/C16H23NO2/c1-17-11-13-4-2-5-14(13)12-6-7-15-16(10-12)19-9-3-8-18-15/h6-7,10,13-14,17H,2-5,8-9,11H2,1H3. The first-order valence-electron chi connectivity index (χ1n) is 7.42. The molecule has 1 heterocycles. The van der Waals surface area contributed by atoms with Gasteiger partial charge in [0, 0.05) is 6.42 Å². The summed E-state index contributed by atoms with van der Waals surface area (Å²) >= 11 is 0. The van der Waals surface area contributed by atoms with E-state index in [9.17, 15) is 0 Å². The van der Waals surface area contributed by atoms with Gasteiger partial charge in [-0.1, -0.05) is 12.5 Å². The largest absolute Gasteiger partial charge is 0.490 e. The van der Waals surface area contributed by atoms with E-state index in [0.717, 1.165) is 43.6 Å². The lowest BCUT2D eigenvalue weighted by Gasteiger charge is -2.20. The van der Waals surface area contributed by atoms with Crippen LogP contribution in [0.5, 0.6) is 11.5 Å². The van der Waals surface area contributed by atoms with Crippen molar-refractivity contribution in [3.63, 3.8) is 0 Å². The fourth-order valence-electron chi connectivity index (χ4n) is 3.39. The van der Waals surface area contributed by atoms with Crippen LogP contribution in [-0.2, 0) is 0 Å². The summed E-state index contributed by atoms with van der Waals surface area (Å²) in [6.07, 6.45) is 4.94. The highest BCUT2D eigenvalue weighted by Crippen LogP contribution is 2.42. The lowest BCUT2D eigenvalue weighted by atomic mass is 9.88. The summed E-state index contributed by atoms with van der Waals surface area (Å²) in [7, 11) is 2.04. The van der Waals surface area contributed by atoms with E-state index >= 15 is 0 Å². The second-order valence-electron chi connectivity index (χ2n) is 5.61. The van der Waals surface area contributed by atoms with Crippen molar-refractivity contribution >= 4 is 0 Å². The highest BCUT2D eigenvalue weighted by Gasteiger charge is 2.28. The molecule has 0 radical (unpaired) electrons. The Morgan fingerprint density at radius 1 is 1.11 bits per heavy atom. The van der Waals surface area contributed by atoms with Crippen LogP contribution >= 0.6 is 0 Å². The first-order valence-corrected chi connectivity index (χ1v) is 7.42. The number of hydrogen-bond donors (Lipinski definition) is 1. The number of ether oxygens (including phenoxy) is 2. The summed E-state index contributed by atoms with van der Waals surface area (Å²) in [4.78, 5) is 0. The van der Waals surface area contributed by atoms with Crippen LogP contribution in [0, 0.1) is 5.92 Å². The molecular weight excluding hydrogens is 238 g/mol. The Hall–Kier alpha value is -1.22. The maximum absolute atomic E-state index is 5.80. The van der Waals surface area contributed by atoms with E-state index in [1.165, 1.54) is 24.8 Å². The molecule has 1 N–H and O–H groups in total. The van der Waals surface area contributed by atoms with Crippen LogP contribution in [0.4, 0.5) is 0 Å². The lowest BCUT2D eigenvalue weighted by molar-refractivity contribution is 0.297. The second kappa shape index (κ2) is 5.83. The molecule has 1 aliphatic heterocycles. The summed E-state index contributed by atoms with van der Waals surface area (Å²) in [6.45, 7) is 2.64. The van der Waals surface area contributed by atoms with Crippen LogP contribution in [0.3, 0.4) is 0 Å². The Balaban J connectivity index is 1.82. The van der Waals surface area contributed by atoms with Gasteiger partial charge in [-0.05, 0) is 56.0 Å². The molecule has 0 bridgehead atoms. The van der Waals surface area contributed by atoms with E-state index < -0.39 is 0 Å². The molecule has 1 fully saturated rings. The summed E-state index contributed by atoms with van der Waals surface area (Å²) in [5.41, 5.74) is 1.42. The van der Waals surface area contributed by atoms with Crippen molar-refractivity contribution in [3.8, 4) is 11.5 Å². The number of nitrogens with one attached hydrogen (secondary N) is 1. The molecule has 2 unspecified atom stereocenters. The van der Waals surface area contributed by atoms with E-state index in [-0.39, 0.29) is 0 Å². The van der Waals surface area contributed by atoms with E-state index in [4.69, 9.17) is 9.47 Å². The Kier molecular flexibility index (Phi) is 3.92. The number of fused-ring (bicyclic) bond motifs is 1. The van der Waals surface area contributed by atoms with Crippen molar-refractivity contribution in [1.29, 1.82) is 0 Å². The third kappa shape index (κ3) is 2.71. The molecule has 0 amide bonds. The molecule has 1 aliphatic carbocycles. The van der Waals surface area contributed by atoms with Crippen LogP contribution in [-0.4, -0.2) is 26.8 Å². The van der Waals surface area contributed by atoms with Crippen LogP contribution in [0.15, 0.2) is 18.2 Å². The first kappa shape index (κ1) is 12.8. The Labute approximate surface area is 115 Å². The zero-order valence-electron chi connectivity index (χ0n) is 11.7. The van der Waals surface area contributed by atoms with Gasteiger partial charge in [0.2, 0.25) is 0 Å². The van der Waals surface area contributed by atoms with Crippen LogP contribution < -0.4 is 14.8 Å². The Morgan fingerprint density at radius 2 is 1.95 bits per heavy atom.